The predicted octanol–water partition coefficient (Wildman–Crippen LogP) is 0.749. The summed E-state index contributed by atoms with van der Waals surface area (Å²) in [7, 11) is 1.36. The van der Waals surface area contributed by atoms with Crippen molar-refractivity contribution in [1.29, 1.82) is 0 Å². The molecule has 0 N–H and O–H groups in total. The summed E-state index contributed by atoms with van der Waals surface area (Å²) in [4.78, 5) is 10.9. The van der Waals surface area contributed by atoms with Crippen molar-refractivity contribution in [3.8, 4) is 0 Å². The van der Waals surface area contributed by atoms with E-state index in [1.165, 1.54) is 7.11 Å². The van der Waals surface area contributed by atoms with Crippen molar-refractivity contribution < 1.29 is 9.53 Å². The molecule has 0 bridgehead atoms. The molecule has 0 fully saturated rings. The standard InChI is InChI=1S/C9H15N3O2/c1-9(2,3)12-6-7(10-11-12)5-8(13)14-4/h6H,5H2,1-4H3. The van der Waals surface area contributed by atoms with Gasteiger partial charge in [0.2, 0.25) is 0 Å². The fourth-order valence-electron chi connectivity index (χ4n) is 0.927. The highest BCUT2D eigenvalue weighted by atomic mass is 16.5. The van der Waals surface area contributed by atoms with Gasteiger partial charge in [-0.2, -0.15) is 0 Å². The van der Waals surface area contributed by atoms with E-state index in [1.807, 2.05) is 20.8 Å². The van der Waals surface area contributed by atoms with Crippen molar-refractivity contribution >= 4 is 5.97 Å². The van der Waals surface area contributed by atoms with Crippen molar-refractivity contribution in [2.45, 2.75) is 32.7 Å². The minimum atomic E-state index is -0.300. The average Bonchev–Trinajstić information content (AvgIpc) is 2.51. The minimum Gasteiger partial charge on any atom is -0.469 e. The van der Waals surface area contributed by atoms with Gasteiger partial charge in [-0.25, -0.2) is 4.68 Å². The summed E-state index contributed by atoms with van der Waals surface area (Å²) in [6.45, 7) is 6.05. The monoisotopic (exact) mass is 197 g/mol. The van der Waals surface area contributed by atoms with E-state index in [1.54, 1.807) is 10.9 Å². The second kappa shape index (κ2) is 3.77. The van der Waals surface area contributed by atoms with Gasteiger partial charge in [0.1, 0.15) is 0 Å². The van der Waals surface area contributed by atoms with Gasteiger partial charge in [-0.05, 0) is 20.8 Å². The Morgan fingerprint density at radius 1 is 1.57 bits per heavy atom. The fraction of sp³-hybridized carbons (Fsp3) is 0.667. The van der Waals surface area contributed by atoms with Crippen molar-refractivity contribution in [2.24, 2.45) is 0 Å². The van der Waals surface area contributed by atoms with Crippen molar-refractivity contribution in [2.75, 3.05) is 7.11 Å². The van der Waals surface area contributed by atoms with Crippen molar-refractivity contribution in [3.05, 3.63) is 11.9 Å². The van der Waals surface area contributed by atoms with Crippen LogP contribution in [0.1, 0.15) is 26.5 Å². The first kappa shape index (κ1) is 10.7. The fourth-order valence-corrected chi connectivity index (χ4v) is 0.927. The van der Waals surface area contributed by atoms with Crippen LogP contribution in [-0.2, 0) is 21.5 Å². The third kappa shape index (κ3) is 2.55. The second-order valence-corrected chi connectivity index (χ2v) is 4.08. The highest BCUT2D eigenvalue weighted by Gasteiger charge is 2.16. The molecule has 0 radical (unpaired) electrons. The molecule has 5 heteroatoms. The topological polar surface area (TPSA) is 57.0 Å². The van der Waals surface area contributed by atoms with Crippen LogP contribution in [0.15, 0.2) is 6.20 Å². The Morgan fingerprint density at radius 3 is 2.64 bits per heavy atom. The summed E-state index contributed by atoms with van der Waals surface area (Å²) in [5.74, 6) is -0.300. The van der Waals surface area contributed by atoms with Gasteiger partial charge < -0.3 is 4.74 Å². The Morgan fingerprint density at radius 2 is 2.21 bits per heavy atom. The number of hydrogen-bond donors (Lipinski definition) is 0. The van der Waals surface area contributed by atoms with Crippen molar-refractivity contribution in [3.63, 3.8) is 0 Å². The molecule has 78 valence electrons. The van der Waals surface area contributed by atoms with Crippen LogP contribution in [0.5, 0.6) is 0 Å². The Kier molecular flexibility index (Phi) is 2.88. The lowest BCUT2D eigenvalue weighted by molar-refractivity contribution is -0.139. The number of aromatic nitrogens is 3. The number of rotatable bonds is 2. The Labute approximate surface area is 83.1 Å². The Hall–Kier alpha value is -1.39. The molecule has 0 unspecified atom stereocenters. The molecule has 0 saturated heterocycles. The number of ether oxygens (including phenoxy) is 1. The largest absolute Gasteiger partial charge is 0.469 e. The van der Waals surface area contributed by atoms with Crippen LogP contribution in [0.25, 0.3) is 0 Å². The van der Waals surface area contributed by atoms with E-state index < -0.39 is 0 Å². The lowest BCUT2D eigenvalue weighted by atomic mass is 10.1. The molecule has 1 aromatic heterocycles. The second-order valence-electron chi connectivity index (χ2n) is 4.08. The smallest absolute Gasteiger partial charge is 0.311 e. The van der Waals surface area contributed by atoms with Gasteiger partial charge in [0, 0.05) is 6.20 Å². The van der Waals surface area contributed by atoms with Gasteiger partial charge in [-0.15, -0.1) is 5.10 Å². The van der Waals surface area contributed by atoms with Gasteiger partial charge in [-0.1, -0.05) is 5.21 Å². The van der Waals surface area contributed by atoms with Crippen LogP contribution >= 0.6 is 0 Å². The van der Waals surface area contributed by atoms with E-state index in [4.69, 9.17) is 0 Å². The van der Waals surface area contributed by atoms with Crippen LogP contribution in [0, 0.1) is 0 Å². The summed E-state index contributed by atoms with van der Waals surface area (Å²) < 4.78 is 6.26. The summed E-state index contributed by atoms with van der Waals surface area (Å²) in [5, 5.41) is 7.82. The summed E-state index contributed by atoms with van der Waals surface area (Å²) in [6, 6.07) is 0. The molecule has 0 amide bonds. The van der Waals surface area contributed by atoms with Crippen LogP contribution in [0.3, 0.4) is 0 Å². The number of methoxy groups -OCH3 is 1. The van der Waals surface area contributed by atoms with Crippen LogP contribution in [0.2, 0.25) is 0 Å². The summed E-state index contributed by atoms with van der Waals surface area (Å²) >= 11 is 0. The van der Waals surface area contributed by atoms with E-state index in [0.29, 0.717) is 5.69 Å². The first-order valence-electron chi connectivity index (χ1n) is 4.42. The third-order valence-corrected chi connectivity index (χ3v) is 1.78. The normalized spacial score (nSPS) is 11.4. The Balaban J connectivity index is 2.74. The minimum absolute atomic E-state index is 0.110. The zero-order valence-electron chi connectivity index (χ0n) is 8.94. The maximum absolute atomic E-state index is 10.9. The van der Waals surface area contributed by atoms with Gasteiger partial charge in [0.15, 0.2) is 0 Å². The average molecular weight is 197 g/mol. The van der Waals surface area contributed by atoms with E-state index in [2.05, 4.69) is 15.0 Å². The quantitative estimate of drug-likeness (QED) is 0.656. The summed E-state index contributed by atoms with van der Waals surface area (Å²) in [5.41, 5.74) is 0.522. The molecule has 0 aliphatic heterocycles. The predicted molar refractivity (Wildman–Crippen MR) is 50.7 cm³/mol. The highest BCUT2D eigenvalue weighted by molar-refractivity contribution is 5.71. The van der Waals surface area contributed by atoms with E-state index in [-0.39, 0.29) is 17.9 Å². The molecule has 14 heavy (non-hydrogen) atoms. The van der Waals surface area contributed by atoms with E-state index >= 15 is 0 Å². The number of esters is 1. The van der Waals surface area contributed by atoms with Crippen LogP contribution in [0.4, 0.5) is 0 Å². The summed E-state index contributed by atoms with van der Waals surface area (Å²) in [6.07, 6.45) is 1.93. The maximum atomic E-state index is 10.9. The highest BCUT2D eigenvalue weighted by Crippen LogP contribution is 2.11. The SMILES string of the molecule is COC(=O)Cc1cn(C(C)(C)C)nn1. The Bertz CT molecular complexity index is 325. The number of hydrogen-bond acceptors (Lipinski definition) is 4. The van der Waals surface area contributed by atoms with Crippen LogP contribution in [-0.4, -0.2) is 28.1 Å². The molecule has 0 aromatic carbocycles. The molecule has 0 aliphatic carbocycles. The zero-order chi connectivity index (χ0) is 10.8. The van der Waals surface area contributed by atoms with Crippen LogP contribution < -0.4 is 0 Å². The molecule has 5 nitrogen and oxygen atoms in total. The lowest BCUT2D eigenvalue weighted by Gasteiger charge is -2.17. The molecule has 1 aromatic rings. The molecule has 0 spiro atoms. The zero-order valence-corrected chi connectivity index (χ0v) is 8.94. The van der Waals surface area contributed by atoms with Crippen molar-refractivity contribution in [1.82, 2.24) is 15.0 Å². The molecular formula is C9H15N3O2. The lowest BCUT2D eigenvalue weighted by Crippen LogP contribution is -2.22. The first-order valence-corrected chi connectivity index (χ1v) is 4.42. The van der Waals surface area contributed by atoms with E-state index in [0.717, 1.165) is 0 Å². The molecule has 0 saturated carbocycles. The molecule has 0 aliphatic rings. The van der Waals surface area contributed by atoms with Gasteiger partial charge in [0.05, 0.1) is 24.8 Å². The third-order valence-electron chi connectivity index (χ3n) is 1.78. The first-order chi connectivity index (χ1) is 6.43. The maximum Gasteiger partial charge on any atom is 0.311 e. The molecule has 0 atom stereocenters. The molecular weight excluding hydrogens is 182 g/mol. The number of carbonyl (C=O) groups is 1. The number of nitrogens with zero attached hydrogens (tertiary/aromatic N) is 3. The van der Waals surface area contributed by atoms with Gasteiger partial charge in [0.25, 0.3) is 0 Å². The van der Waals surface area contributed by atoms with Gasteiger partial charge in [-0.3, -0.25) is 4.79 Å². The molecule has 1 rings (SSSR count). The van der Waals surface area contributed by atoms with E-state index in [9.17, 15) is 4.79 Å². The van der Waals surface area contributed by atoms with Gasteiger partial charge >= 0.3 is 5.97 Å². The number of carbonyl (C=O) groups excluding carboxylic acids is 1. The molecule has 1 heterocycles.